The molecule has 8 fully saturated rings. The predicted molar refractivity (Wildman–Crippen MR) is 154 cm³/mol. The summed E-state index contributed by atoms with van der Waals surface area (Å²) < 4.78 is 57.5. The van der Waals surface area contributed by atoms with Gasteiger partial charge in [-0.15, -0.1) is 0 Å². The highest BCUT2D eigenvalue weighted by Gasteiger charge is 2.52. The average Bonchev–Trinajstić information content (AvgIpc) is 2.86. The maximum absolute atomic E-state index is 14.1. The fourth-order valence-electron chi connectivity index (χ4n) is 11.0. The summed E-state index contributed by atoms with van der Waals surface area (Å²) in [6.07, 6.45) is 17.1. The van der Waals surface area contributed by atoms with Gasteiger partial charge in [0, 0.05) is 0 Å². The molecule has 8 saturated carbocycles. The highest BCUT2D eigenvalue weighted by molar-refractivity contribution is 7.87. The summed E-state index contributed by atoms with van der Waals surface area (Å²) in [5.74, 6) is 5.07. The first kappa shape index (κ1) is 28.1. The fraction of sp³-hybridized carbons (Fsp3) is 0.812. The predicted octanol–water partition coefficient (Wildman–Crippen LogP) is 8.10. The van der Waals surface area contributed by atoms with Gasteiger partial charge in [-0.05, 0) is 155 Å². The monoisotopic (exact) mass is 590 g/mol. The third-order valence-electron chi connectivity index (χ3n) is 11.8. The van der Waals surface area contributed by atoms with Crippen LogP contribution in [0.25, 0.3) is 0 Å². The molecule has 6 nitrogen and oxygen atoms in total. The van der Waals surface area contributed by atoms with Gasteiger partial charge in [0.1, 0.15) is 0 Å². The van der Waals surface area contributed by atoms with Crippen molar-refractivity contribution in [3.05, 3.63) is 29.8 Å². The minimum Gasteiger partial charge on any atom is -0.307 e. The van der Waals surface area contributed by atoms with Crippen molar-refractivity contribution in [3.8, 4) is 0 Å². The average molecular weight is 591 g/mol. The van der Waals surface area contributed by atoms with E-state index >= 15 is 0 Å². The Morgan fingerprint density at radius 1 is 0.700 bits per heavy atom. The van der Waals surface area contributed by atoms with Crippen LogP contribution in [0.3, 0.4) is 0 Å². The largest absolute Gasteiger partial charge is 0.357 e. The van der Waals surface area contributed by atoms with Crippen LogP contribution in [0.1, 0.15) is 95.5 Å². The molecule has 0 radical (unpaired) electrons. The zero-order chi connectivity index (χ0) is 27.6. The Bertz CT molecular complexity index is 1120. The molecule has 8 aliphatic rings. The van der Waals surface area contributed by atoms with Gasteiger partial charge in [0.2, 0.25) is 0 Å². The van der Waals surface area contributed by atoms with E-state index in [1.54, 1.807) is 12.1 Å². The maximum atomic E-state index is 14.1. The minimum absolute atomic E-state index is 0.0618. The highest BCUT2D eigenvalue weighted by atomic mass is 32.2. The number of hydrogen-bond donors (Lipinski definition) is 0. The summed E-state index contributed by atoms with van der Waals surface area (Å²) in [4.78, 5) is 0.0618. The minimum atomic E-state index is -4.07. The van der Waals surface area contributed by atoms with E-state index in [2.05, 4.69) is 0 Å². The summed E-state index contributed by atoms with van der Waals surface area (Å²) in [6, 6.07) is 6.52. The standard InChI is InChI=1S/C32H47O6PS/c1-23-2-4-30(5-3-23)40(34,35)38-22-39(33,36-8-6-31-16-24-10-25(17-31)12-26(11-24)18-31)37-9-7-32-19-27-13-28(20-32)15-29(14-27)21-32/h2-5,24-29H,6-22H2,1H3. The van der Waals surface area contributed by atoms with Crippen molar-refractivity contribution in [3.63, 3.8) is 0 Å². The summed E-state index contributed by atoms with van der Waals surface area (Å²) in [7, 11) is -7.83. The molecule has 0 aromatic heterocycles. The lowest BCUT2D eigenvalue weighted by atomic mass is 9.49. The Morgan fingerprint density at radius 3 is 1.45 bits per heavy atom. The first-order valence-electron chi connectivity index (χ1n) is 15.9. The van der Waals surface area contributed by atoms with Crippen molar-refractivity contribution in [1.29, 1.82) is 0 Å². The lowest BCUT2D eigenvalue weighted by molar-refractivity contribution is -0.0656. The molecular weight excluding hydrogens is 543 g/mol. The quantitative estimate of drug-likeness (QED) is 0.181. The molecule has 0 N–H and O–H groups in total. The third kappa shape index (κ3) is 5.76. The van der Waals surface area contributed by atoms with Gasteiger partial charge >= 0.3 is 7.60 Å². The maximum Gasteiger partial charge on any atom is 0.357 e. The van der Waals surface area contributed by atoms with Gasteiger partial charge in [-0.25, -0.2) is 0 Å². The van der Waals surface area contributed by atoms with E-state index in [1.807, 2.05) is 6.92 Å². The van der Waals surface area contributed by atoms with E-state index in [9.17, 15) is 13.0 Å². The first-order chi connectivity index (χ1) is 19.1. The molecule has 8 bridgehead atoms. The van der Waals surface area contributed by atoms with Crippen molar-refractivity contribution in [2.75, 3.05) is 19.6 Å². The molecule has 0 amide bonds. The van der Waals surface area contributed by atoms with Gasteiger partial charge in [-0.2, -0.15) is 8.42 Å². The lowest BCUT2D eigenvalue weighted by Crippen LogP contribution is -2.46. The molecule has 0 unspecified atom stereocenters. The molecule has 9 rings (SSSR count). The van der Waals surface area contributed by atoms with E-state index in [4.69, 9.17) is 13.2 Å². The van der Waals surface area contributed by atoms with E-state index in [0.29, 0.717) is 24.0 Å². The van der Waals surface area contributed by atoms with Gasteiger partial charge in [-0.1, -0.05) is 17.7 Å². The summed E-state index contributed by atoms with van der Waals surface area (Å²) in [5, 5.41) is 0. The van der Waals surface area contributed by atoms with Crippen LogP contribution in [0.4, 0.5) is 0 Å². The van der Waals surface area contributed by atoms with Crippen LogP contribution in [0.2, 0.25) is 0 Å². The molecule has 0 spiro atoms. The van der Waals surface area contributed by atoms with E-state index in [1.165, 1.54) is 89.2 Å². The topological polar surface area (TPSA) is 78.9 Å². The van der Waals surface area contributed by atoms with Crippen molar-refractivity contribution in [1.82, 2.24) is 0 Å². The van der Waals surface area contributed by atoms with Crippen molar-refractivity contribution >= 4 is 17.7 Å². The molecule has 222 valence electrons. The van der Waals surface area contributed by atoms with Crippen LogP contribution in [-0.2, 0) is 27.9 Å². The Morgan fingerprint density at radius 2 is 1.07 bits per heavy atom. The molecule has 40 heavy (non-hydrogen) atoms. The molecule has 1 aromatic rings. The molecule has 8 aliphatic carbocycles. The number of rotatable bonds is 12. The third-order valence-corrected chi connectivity index (χ3v) is 14.9. The second-order valence-corrected chi connectivity index (χ2v) is 18.7. The zero-order valence-corrected chi connectivity index (χ0v) is 25.8. The van der Waals surface area contributed by atoms with Crippen molar-refractivity contribution in [2.24, 2.45) is 46.3 Å². The second-order valence-electron chi connectivity index (χ2n) is 15.1. The van der Waals surface area contributed by atoms with Gasteiger partial charge in [0.05, 0.1) is 18.1 Å². The first-order valence-corrected chi connectivity index (χ1v) is 19.1. The Hall–Kier alpha value is -0.720. The SMILES string of the molecule is Cc1ccc(S(=O)(=O)OCP(=O)(OCCC23CC4CC(CC(C4)C2)C3)OCCC23CC4CC(CC(C4)C2)C3)cc1. The van der Waals surface area contributed by atoms with Gasteiger partial charge in [-0.3, -0.25) is 8.75 Å². The van der Waals surface area contributed by atoms with Crippen molar-refractivity contribution in [2.45, 2.75) is 102 Å². The summed E-state index contributed by atoms with van der Waals surface area (Å²) in [6.45, 7) is 2.59. The normalized spacial score (nSPS) is 40.9. The van der Waals surface area contributed by atoms with Crippen LogP contribution >= 0.6 is 7.60 Å². The molecule has 0 aliphatic heterocycles. The van der Waals surface area contributed by atoms with Crippen LogP contribution in [0, 0.1) is 53.3 Å². The number of benzene rings is 1. The van der Waals surface area contributed by atoms with Gasteiger partial charge in [0.25, 0.3) is 10.1 Å². The van der Waals surface area contributed by atoms with Gasteiger partial charge < -0.3 is 9.05 Å². The lowest BCUT2D eigenvalue weighted by Gasteiger charge is -2.57. The fourth-order valence-corrected chi connectivity index (χ4v) is 13.7. The molecule has 8 heteroatoms. The Balaban J connectivity index is 1.01. The van der Waals surface area contributed by atoms with Gasteiger partial charge in [0.15, 0.2) is 6.35 Å². The summed E-state index contributed by atoms with van der Waals surface area (Å²) in [5.41, 5.74) is 1.56. The second kappa shape index (κ2) is 10.5. The molecular formula is C32H47O6PS. The van der Waals surface area contributed by atoms with Crippen molar-refractivity contribution < 1.29 is 26.2 Å². The van der Waals surface area contributed by atoms with Crippen LogP contribution in [0.15, 0.2) is 29.2 Å². The molecule has 0 heterocycles. The number of hydrogen-bond acceptors (Lipinski definition) is 6. The smallest absolute Gasteiger partial charge is 0.307 e. The van der Waals surface area contributed by atoms with Crippen LogP contribution < -0.4 is 0 Å². The number of aryl methyl sites for hydroxylation is 1. The highest BCUT2D eigenvalue weighted by Crippen LogP contribution is 2.63. The van der Waals surface area contributed by atoms with Crippen LogP contribution in [0.5, 0.6) is 0 Å². The van der Waals surface area contributed by atoms with Crippen LogP contribution in [-0.4, -0.2) is 28.0 Å². The Kier molecular flexibility index (Phi) is 7.35. The van der Waals surface area contributed by atoms with E-state index in [-0.39, 0.29) is 4.90 Å². The molecule has 0 saturated heterocycles. The molecule has 1 aromatic carbocycles. The zero-order valence-electron chi connectivity index (χ0n) is 24.1. The Labute approximate surface area is 241 Å². The van der Waals surface area contributed by atoms with E-state index in [0.717, 1.165) is 53.9 Å². The summed E-state index contributed by atoms with van der Waals surface area (Å²) >= 11 is 0. The van der Waals surface area contributed by atoms with E-state index < -0.39 is 24.1 Å². The molecule has 0 atom stereocenters.